The Morgan fingerprint density at radius 2 is 1.04 bits per heavy atom. The van der Waals surface area contributed by atoms with Gasteiger partial charge in [-0.05, 0) is 57.8 Å². The fourth-order valence-electron chi connectivity index (χ4n) is 6.05. The Labute approximate surface area is 327 Å². The van der Waals surface area contributed by atoms with Crippen molar-refractivity contribution in [1.82, 2.24) is 5.32 Å². The van der Waals surface area contributed by atoms with Gasteiger partial charge >= 0.3 is 7.82 Å². The van der Waals surface area contributed by atoms with E-state index >= 15 is 0 Å². The third-order valence-electron chi connectivity index (χ3n) is 9.58. The number of hydrogen-bond donors (Lipinski definition) is 3. The molecule has 0 aromatic rings. The summed E-state index contributed by atoms with van der Waals surface area (Å²) in [5.41, 5.74) is 0. The molecule has 0 radical (unpaired) electrons. The zero-order valence-corrected chi connectivity index (χ0v) is 36.1. The molecule has 8 nitrogen and oxygen atoms in total. The zero-order valence-electron chi connectivity index (χ0n) is 35.3. The van der Waals surface area contributed by atoms with Crippen molar-refractivity contribution in [2.75, 3.05) is 40.9 Å². The zero-order chi connectivity index (χ0) is 39.3. The van der Waals surface area contributed by atoms with E-state index in [1.165, 1.54) is 128 Å². The Morgan fingerprint density at radius 3 is 1.53 bits per heavy atom. The lowest BCUT2D eigenvalue weighted by molar-refractivity contribution is -0.870. The fourth-order valence-corrected chi connectivity index (χ4v) is 6.79. The molecule has 312 valence electrons. The minimum absolute atomic E-state index is 0.0553. The van der Waals surface area contributed by atoms with E-state index in [0.29, 0.717) is 17.4 Å². The van der Waals surface area contributed by atoms with Gasteiger partial charge in [0, 0.05) is 6.42 Å². The first-order valence-electron chi connectivity index (χ1n) is 21.9. The minimum atomic E-state index is -4.34. The van der Waals surface area contributed by atoms with Gasteiger partial charge in [-0.2, -0.15) is 0 Å². The summed E-state index contributed by atoms with van der Waals surface area (Å²) in [6, 6.07) is -0.863. The van der Waals surface area contributed by atoms with E-state index in [-0.39, 0.29) is 19.1 Å². The fraction of sp³-hybridized carbons (Fsp3) is 0.841. The molecular formula is C44H86N2O6P+. The summed E-state index contributed by atoms with van der Waals surface area (Å²) in [4.78, 5) is 23.1. The summed E-state index contributed by atoms with van der Waals surface area (Å²) < 4.78 is 23.5. The lowest BCUT2D eigenvalue weighted by Crippen LogP contribution is -2.45. The summed E-state index contributed by atoms with van der Waals surface area (Å²) in [5.74, 6) is -0.193. The molecule has 53 heavy (non-hydrogen) atoms. The topological polar surface area (TPSA) is 105 Å². The molecule has 0 aliphatic heterocycles. The number of aliphatic hydroxyl groups excluding tert-OH is 1. The monoisotopic (exact) mass is 770 g/mol. The van der Waals surface area contributed by atoms with Crippen LogP contribution in [0.4, 0.5) is 0 Å². The molecular weight excluding hydrogens is 683 g/mol. The first-order chi connectivity index (χ1) is 25.5. The second-order valence-corrected chi connectivity index (χ2v) is 17.5. The number of nitrogens with one attached hydrogen (secondary N) is 1. The Balaban J connectivity index is 4.50. The lowest BCUT2D eigenvalue weighted by atomic mass is 10.1. The van der Waals surface area contributed by atoms with Gasteiger partial charge in [-0.25, -0.2) is 4.57 Å². The first-order valence-corrected chi connectivity index (χ1v) is 23.4. The van der Waals surface area contributed by atoms with Crippen LogP contribution in [0.2, 0.25) is 0 Å². The van der Waals surface area contributed by atoms with Gasteiger partial charge in [0.1, 0.15) is 13.2 Å². The molecule has 0 heterocycles. The van der Waals surface area contributed by atoms with Crippen molar-refractivity contribution in [2.45, 2.75) is 199 Å². The molecule has 0 spiro atoms. The molecule has 0 bridgehead atoms. The van der Waals surface area contributed by atoms with Gasteiger partial charge in [-0.1, -0.05) is 159 Å². The number of phosphoric ester groups is 1. The first kappa shape index (κ1) is 51.7. The maximum Gasteiger partial charge on any atom is 0.472 e. The largest absolute Gasteiger partial charge is 0.472 e. The highest BCUT2D eigenvalue weighted by Gasteiger charge is 2.27. The maximum absolute atomic E-state index is 12.8. The van der Waals surface area contributed by atoms with Crippen LogP contribution in [-0.2, 0) is 18.4 Å². The molecule has 0 saturated carbocycles. The SMILES string of the molecule is CCCCCC/C=C\CCCCCCCCCC(=O)NC(COP(=O)(O)OCC[N+](C)(C)C)C(O)/C=C/CC/C=C/CCCCCCCCCCCC. The van der Waals surface area contributed by atoms with Crippen LogP contribution in [0.25, 0.3) is 0 Å². The van der Waals surface area contributed by atoms with Crippen molar-refractivity contribution in [2.24, 2.45) is 0 Å². The summed E-state index contributed by atoms with van der Waals surface area (Å²) in [5, 5.41) is 13.8. The number of unbranched alkanes of at least 4 members (excludes halogenated alkanes) is 22. The van der Waals surface area contributed by atoms with Crippen LogP contribution in [0.1, 0.15) is 187 Å². The number of carbonyl (C=O) groups excluding carboxylic acids is 1. The summed E-state index contributed by atoms with van der Waals surface area (Å²) in [6.45, 7) is 4.77. The number of likely N-dealkylation sites (N-methyl/N-ethyl adjacent to an activating group) is 1. The normalized spacial score (nSPS) is 14.8. The van der Waals surface area contributed by atoms with Crippen molar-refractivity contribution < 1.29 is 32.9 Å². The van der Waals surface area contributed by atoms with Crippen LogP contribution in [0.5, 0.6) is 0 Å². The molecule has 0 rings (SSSR count). The quantitative estimate of drug-likeness (QED) is 0.0249. The van der Waals surface area contributed by atoms with Gasteiger partial charge in [0.15, 0.2) is 0 Å². The van der Waals surface area contributed by atoms with Crippen LogP contribution < -0.4 is 5.32 Å². The van der Waals surface area contributed by atoms with Crippen LogP contribution in [-0.4, -0.2) is 73.4 Å². The molecule has 0 fully saturated rings. The van der Waals surface area contributed by atoms with Gasteiger partial charge in [0.25, 0.3) is 0 Å². The molecule has 9 heteroatoms. The van der Waals surface area contributed by atoms with E-state index in [9.17, 15) is 19.4 Å². The van der Waals surface area contributed by atoms with E-state index in [1.54, 1.807) is 6.08 Å². The Morgan fingerprint density at radius 1 is 0.623 bits per heavy atom. The number of allylic oxidation sites excluding steroid dienone is 5. The molecule has 3 atom stereocenters. The molecule has 1 amide bonds. The van der Waals surface area contributed by atoms with Gasteiger partial charge in [0.05, 0.1) is 39.9 Å². The van der Waals surface area contributed by atoms with E-state index in [1.807, 2.05) is 27.2 Å². The van der Waals surface area contributed by atoms with Crippen molar-refractivity contribution in [3.63, 3.8) is 0 Å². The van der Waals surface area contributed by atoms with Crippen LogP contribution in [0.3, 0.4) is 0 Å². The lowest BCUT2D eigenvalue weighted by Gasteiger charge is -2.25. The Kier molecular flexibility index (Phi) is 35.5. The number of rotatable bonds is 39. The summed E-state index contributed by atoms with van der Waals surface area (Å²) in [7, 11) is 1.55. The summed E-state index contributed by atoms with van der Waals surface area (Å²) in [6.07, 6.45) is 43.5. The molecule has 0 aliphatic carbocycles. The number of hydrogen-bond acceptors (Lipinski definition) is 5. The number of phosphoric acid groups is 1. The predicted molar refractivity (Wildman–Crippen MR) is 226 cm³/mol. The summed E-state index contributed by atoms with van der Waals surface area (Å²) >= 11 is 0. The number of carbonyl (C=O) groups is 1. The number of quaternary nitrogens is 1. The third kappa shape index (κ3) is 38.8. The Bertz CT molecular complexity index is 964. The number of aliphatic hydroxyl groups is 1. The highest BCUT2D eigenvalue weighted by atomic mass is 31.2. The predicted octanol–water partition coefficient (Wildman–Crippen LogP) is 11.9. The molecule has 0 saturated heterocycles. The highest BCUT2D eigenvalue weighted by Crippen LogP contribution is 2.43. The van der Waals surface area contributed by atoms with Crippen molar-refractivity contribution >= 4 is 13.7 Å². The second-order valence-electron chi connectivity index (χ2n) is 16.1. The molecule has 3 unspecified atom stereocenters. The van der Waals surface area contributed by atoms with Crippen molar-refractivity contribution in [3.05, 3.63) is 36.5 Å². The van der Waals surface area contributed by atoms with Crippen molar-refractivity contribution in [1.29, 1.82) is 0 Å². The van der Waals surface area contributed by atoms with E-state index in [4.69, 9.17) is 9.05 Å². The third-order valence-corrected chi connectivity index (χ3v) is 10.6. The molecule has 3 N–H and O–H groups in total. The number of amides is 1. The van der Waals surface area contributed by atoms with Crippen molar-refractivity contribution in [3.8, 4) is 0 Å². The molecule has 0 aliphatic rings. The molecule has 0 aromatic heterocycles. The van der Waals surface area contributed by atoms with Gasteiger partial charge < -0.3 is 19.8 Å². The van der Waals surface area contributed by atoms with Gasteiger partial charge in [-0.3, -0.25) is 13.8 Å². The maximum atomic E-state index is 12.8. The Hall–Kier alpha value is -1.28. The van der Waals surface area contributed by atoms with Crippen LogP contribution >= 0.6 is 7.82 Å². The van der Waals surface area contributed by atoms with Gasteiger partial charge in [-0.15, -0.1) is 0 Å². The average Bonchev–Trinajstić information content (AvgIpc) is 3.10. The average molecular weight is 770 g/mol. The highest BCUT2D eigenvalue weighted by molar-refractivity contribution is 7.47. The van der Waals surface area contributed by atoms with Crippen LogP contribution in [0.15, 0.2) is 36.5 Å². The molecule has 0 aromatic carbocycles. The van der Waals surface area contributed by atoms with Gasteiger partial charge in [0.2, 0.25) is 5.91 Å². The van der Waals surface area contributed by atoms with E-state index < -0.39 is 20.0 Å². The number of nitrogens with zero attached hydrogens (tertiary/aromatic N) is 1. The van der Waals surface area contributed by atoms with E-state index in [2.05, 4.69) is 43.5 Å². The van der Waals surface area contributed by atoms with E-state index in [0.717, 1.165) is 38.5 Å². The standard InChI is InChI=1S/C44H85N2O6P/c1-6-8-10-12-14-16-18-20-22-24-25-27-29-31-33-35-37-43(47)42(41-52-53(49,50)51-40-39-46(3,4)5)45-44(48)38-36-34-32-30-28-26-23-21-19-17-15-13-11-9-7-2/h17,19,27,29,35,37,42-43,47H,6-16,18,20-26,28,30-34,36,38-41H2,1-5H3,(H-,45,48,49,50)/p+1/b19-17-,29-27+,37-35+. The second kappa shape index (κ2) is 36.4. The minimum Gasteiger partial charge on any atom is -0.387 e. The smallest absolute Gasteiger partial charge is 0.387 e. The van der Waals surface area contributed by atoms with Crippen LogP contribution in [0, 0.1) is 0 Å².